The fourth-order valence-corrected chi connectivity index (χ4v) is 4.54. The third-order valence-electron chi connectivity index (χ3n) is 5.43. The van der Waals surface area contributed by atoms with Crippen molar-refractivity contribution in [2.24, 2.45) is 0 Å². The maximum Gasteiger partial charge on any atom is 0.264 e. The van der Waals surface area contributed by atoms with Crippen molar-refractivity contribution >= 4 is 15.9 Å². The van der Waals surface area contributed by atoms with E-state index in [1.165, 1.54) is 17.7 Å². The number of hydrogen-bond donors (Lipinski definition) is 1. The van der Waals surface area contributed by atoms with E-state index in [0.717, 1.165) is 29.1 Å². The molecule has 0 unspecified atom stereocenters. The minimum atomic E-state index is -3.96. The Bertz CT molecular complexity index is 1200. The van der Waals surface area contributed by atoms with Crippen LogP contribution in [0.1, 0.15) is 60.6 Å². The molecule has 2 aromatic carbocycles. The molecular weight excluding hydrogens is 410 g/mol. The lowest BCUT2D eigenvalue weighted by molar-refractivity contribution is 0.0981. The number of carbonyl (C=O) groups is 1. The Balaban J connectivity index is 1.79. The molecule has 0 aliphatic carbocycles. The largest absolute Gasteiger partial charge is 0.268 e. The van der Waals surface area contributed by atoms with Gasteiger partial charge in [0.2, 0.25) is 0 Å². The predicted molar refractivity (Wildman–Crippen MR) is 122 cm³/mol. The van der Waals surface area contributed by atoms with Gasteiger partial charge in [0.15, 0.2) is 0 Å². The molecule has 164 valence electrons. The standard InChI is InChI=1S/C24H29N3O3S/c1-7-22-16(2)25-27(17(22)3)20-12-8-18(9-13-20)23(28)26-31(29,30)21-14-10-19(11-15-21)24(4,5)6/h8-15H,7H2,1-6H3,(H,26,28). The van der Waals surface area contributed by atoms with E-state index in [4.69, 9.17) is 0 Å². The zero-order valence-electron chi connectivity index (χ0n) is 18.9. The number of nitrogens with one attached hydrogen (secondary N) is 1. The number of hydrogen-bond acceptors (Lipinski definition) is 4. The number of rotatable bonds is 5. The summed E-state index contributed by atoms with van der Waals surface area (Å²) in [5.74, 6) is -0.672. The van der Waals surface area contributed by atoms with E-state index in [-0.39, 0.29) is 15.9 Å². The van der Waals surface area contributed by atoms with Crippen molar-refractivity contribution in [3.05, 3.63) is 76.6 Å². The molecule has 0 bridgehead atoms. The Labute approximate surface area is 184 Å². The van der Waals surface area contributed by atoms with Crippen LogP contribution in [0.3, 0.4) is 0 Å². The Morgan fingerprint density at radius 2 is 1.58 bits per heavy atom. The average molecular weight is 440 g/mol. The predicted octanol–water partition coefficient (Wildman–Crippen LogP) is 4.47. The maximum absolute atomic E-state index is 12.6. The molecule has 31 heavy (non-hydrogen) atoms. The van der Waals surface area contributed by atoms with Gasteiger partial charge in [0.1, 0.15) is 0 Å². The van der Waals surface area contributed by atoms with Gasteiger partial charge in [-0.25, -0.2) is 17.8 Å². The highest BCUT2D eigenvalue weighted by atomic mass is 32.2. The molecule has 0 spiro atoms. The molecular formula is C24H29N3O3S. The topological polar surface area (TPSA) is 81.1 Å². The highest BCUT2D eigenvalue weighted by Gasteiger charge is 2.21. The Hall–Kier alpha value is -2.93. The van der Waals surface area contributed by atoms with Crippen molar-refractivity contribution in [3.63, 3.8) is 0 Å². The highest BCUT2D eigenvalue weighted by Crippen LogP contribution is 2.23. The van der Waals surface area contributed by atoms with E-state index < -0.39 is 15.9 Å². The number of amides is 1. The fourth-order valence-electron chi connectivity index (χ4n) is 3.57. The maximum atomic E-state index is 12.6. The summed E-state index contributed by atoms with van der Waals surface area (Å²) in [6.07, 6.45) is 0.896. The summed E-state index contributed by atoms with van der Waals surface area (Å²) in [6, 6.07) is 13.3. The first-order valence-electron chi connectivity index (χ1n) is 10.3. The van der Waals surface area contributed by atoms with Crippen LogP contribution in [0.2, 0.25) is 0 Å². The van der Waals surface area contributed by atoms with Crippen molar-refractivity contribution in [2.45, 2.75) is 58.3 Å². The van der Waals surface area contributed by atoms with Crippen molar-refractivity contribution in [3.8, 4) is 5.69 Å². The van der Waals surface area contributed by atoms with Crippen molar-refractivity contribution < 1.29 is 13.2 Å². The van der Waals surface area contributed by atoms with Crippen LogP contribution in [-0.4, -0.2) is 24.1 Å². The zero-order valence-corrected chi connectivity index (χ0v) is 19.7. The number of aromatic nitrogens is 2. The molecule has 0 saturated heterocycles. The summed E-state index contributed by atoms with van der Waals surface area (Å²) in [4.78, 5) is 12.6. The van der Waals surface area contributed by atoms with Gasteiger partial charge in [0.25, 0.3) is 15.9 Å². The zero-order chi connectivity index (χ0) is 23.0. The van der Waals surface area contributed by atoms with Gasteiger partial charge in [-0.1, -0.05) is 39.8 Å². The number of aryl methyl sites for hydroxylation is 1. The second-order valence-corrected chi connectivity index (χ2v) is 10.4. The molecule has 1 N–H and O–H groups in total. The van der Waals surface area contributed by atoms with Gasteiger partial charge in [0, 0.05) is 11.3 Å². The molecule has 1 aromatic heterocycles. The van der Waals surface area contributed by atoms with Gasteiger partial charge in [-0.3, -0.25) is 4.79 Å². The van der Waals surface area contributed by atoms with E-state index in [1.807, 2.05) is 18.5 Å². The van der Waals surface area contributed by atoms with Crippen LogP contribution in [0.4, 0.5) is 0 Å². The van der Waals surface area contributed by atoms with E-state index >= 15 is 0 Å². The highest BCUT2D eigenvalue weighted by molar-refractivity contribution is 7.90. The van der Waals surface area contributed by atoms with Gasteiger partial charge in [-0.2, -0.15) is 5.10 Å². The lowest BCUT2D eigenvalue weighted by atomic mass is 9.87. The fraction of sp³-hybridized carbons (Fsp3) is 0.333. The SMILES string of the molecule is CCc1c(C)nn(-c2ccc(C(=O)NS(=O)(=O)c3ccc(C(C)(C)C)cc3)cc2)c1C. The number of sulfonamides is 1. The number of benzene rings is 2. The number of nitrogens with zero attached hydrogens (tertiary/aromatic N) is 2. The molecule has 0 atom stereocenters. The van der Waals surface area contributed by atoms with E-state index in [2.05, 4.69) is 37.5 Å². The summed E-state index contributed by atoms with van der Waals surface area (Å²) in [5.41, 5.74) is 5.24. The number of carbonyl (C=O) groups excluding carboxylic acids is 1. The molecule has 6 nitrogen and oxygen atoms in total. The summed E-state index contributed by atoms with van der Waals surface area (Å²) in [6.45, 7) is 12.2. The average Bonchev–Trinajstić information content (AvgIpc) is 3.00. The molecule has 0 saturated carbocycles. The van der Waals surface area contributed by atoms with Gasteiger partial charge >= 0.3 is 0 Å². The molecule has 0 aliphatic heterocycles. The monoisotopic (exact) mass is 439 g/mol. The summed E-state index contributed by atoms with van der Waals surface area (Å²) < 4.78 is 29.3. The van der Waals surface area contributed by atoms with Crippen LogP contribution in [0.25, 0.3) is 5.69 Å². The smallest absolute Gasteiger partial charge is 0.264 e. The van der Waals surface area contributed by atoms with Gasteiger partial charge in [0.05, 0.1) is 16.3 Å². The van der Waals surface area contributed by atoms with Crippen LogP contribution in [-0.2, 0) is 21.9 Å². The van der Waals surface area contributed by atoms with Crippen LogP contribution in [0.15, 0.2) is 53.4 Å². The lowest BCUT2D eigenvalue weighted by Gasteiger charge is -2.19. The van der Waals surface area contributed by atoms with E-state index in [9.17, 15) is 13.2 Å². The molecule has 1 amide bonds. The first kappa shape index (κ1) is 22.7. The third kappa shape index (κ3) is 4.71. The minimum absolute atomic E-state index is 0.0557. The van der Waals surface area contributed by atoms with Crippen molar-refractivity contribution in [1.82, 2.24) is 14.5 Å². The van der Waals surface area contributed by atoms with Gasteiger partial charge in [-0.15, -0.1) is 0 Å². The molecule has 1 heterocycles. The summed E-state index contributed by atoms with van der Waals surface area (Å²) in [7, 11) is -3.96. The molecule has 3 aromatic rings. The second kappa shape index (κ2) is 8.30. The first-order valence-corrected chi connectivity index (χ1v) is 11.8. The summed E-state index contributed by atoms with van der Waals surface area (Å²) >= 11 is 0. The molecule has 0 radical (unpaired) electrons. The van der Waals surface area contributed by atoms with Gasteiger partial charge < -0.3 is 0 Å². The first-order chi connectivity index (χ1) is 14.4. The van der Waals surface area contributed by atoms with Crippen LogP contribution >= 0.6 is 0 Å². The molecule has 0 aliphatic rings. The lowest BCUT2D eigenvalue weighted by Crippen LogP contribution is -2.30. The Morgan fingerprint density at radius 3 is 2.06 bits per heavy atom. The second-order valence-electron chi connectivity index (χ2n) is 8.67. The van der Waals surface area contributed by atoms with Crippen molar-refractivity contribution in [1.29, 1.82) is 0 Å². The summed E-state index contributed by atoms with van der Waals surface area (Å²) in [5, 5.41) is 4.57. The Kier molecular flexibility index (Phi) is 6.09. The minimum Gasteiger partial charge on any atom is -0.268 e. The van der Waals surface area contributed by atoms with E-state index in [0.29, 0.717) is 0 Å². The van der Waals surface area contributed by atoms with Crippen LogP contribution < -0.4 is 4.72 Å². The molecule has 3 rings (SSSR count). The van der Waals surface area contributed by atoms with Crippen LogP contribution in [0.5, 0.6) is 0 Å². The quantitative estimate of drug-likeness (QED) is 0.636. The Morgan fingerprint density at radius 1 is 1.00 bits per heavy atom. The molecule has 0 fully saturated rings. The van der Waals surface area contributed by atoms with Crippen LogP contribution in [0, 0.1) is 13.8 Å². The van der Waals surface area contributed by atoms with Crippen molar-refractivity contribution in [2.75, 3.05) is 0 Å². The normalized spacial score (nSPS) is 12.1. The molecule has 7 heteroatoms. The van der Waals surface area contributed by atoms with E-state index in [1.54, 1.807) is 36.4 Å². The van der Waals surface area contributed by atoms with Gasteiger partial charge in [-0.05, 0) is 73.2 Å². The third-order valence-corrected chi connectivity index (χ3v) is 6.77.